The van der Waals surface area contributed by atoms with Crippen LogP contribution in [0.2, 0.25) is 0 Å². The van der Waals surface area contributed by atoms with Crippen LogP contribution in [0.1, 0.15) is 31.9 Å². The number of benzene rings is 2. The molecular formula is C27H30N2O3S. The quantitative estimate of drug-likeness (QED) is 0.389. The van der Waals surface area contributed by atoms with Crippen LogP contribution in [0.3, 0.4) is 0 Å². The first kappa shape index (κ1) is 24.4. The van der Waals surface area contributed by atoms with Crippen molar-refractivity contribution in [3.63, 3.8) is 0 Å². The first-order valence-electron chi connectivity index (χ1n) is 11.1. The molecule has 0 bridgehead atoms. The molecule has 2 aromatic carbocycles. The van der Waals surface area contributed by atoms with E-state index in [4.69, 9.17) is 0 Å². The van der Waals surface area contributed by atoms with Gasteiger partial charge in [-0.1, -0.05) is 55.5 Å². The molecule has 0 radical (unpaired) electrons. The third-order valence-corrected chi connectivity index (χ3v) is 6.21. The Morgan fingerprint density at radius 2 is 1.70 bits per heavy atom. The molecule has 3 aromatic rings. The number of fused-ring (bicyclic) bond motifs is 2. The van der Waals surface area contributed by atoms with Crippen LogP contribution in [0.5, 0.6) is 0 Å². The van der Waals surface area contributed by atoms with Gasteiger partial charge in [0.25, 0.3) is 0 Å². The SMILES string of the molecule is CCN1C=C/C(=C\C=C\c2cc[n+](CC)c3ccccc23)c2ccccc21.CCS(=O)(=O)[O-]. The summed E-state index contributed by atoms with van der Waals surface area (Å²) in [5, 5.41) is 1.29. The Morgan fingerprint density at radius 3 is 2.39 bits per heavy atom. The molecule has 1 aromatic heterocycles. The zero-order chi connectivity index (χ0) is 23.8. The van der Waals surface area contributed by atoms with Crippen LogP contribution in [0, 0.1) is 0 Å². The number of anilines is 1. The molecule has 4 rings (SSSR count). The van der Waals surface area contributed by atoms with E-state index in [9.17, 15) is 13.0 Å². The van der Waals surface area contributed by atoms with Crippen molar-refractivity contribution >= 4 is 38.4 Å². The average molecular weight is 463 g/mol. The fourth-order valence-corrected chi connectivity index (χ4v) is 3.71. The summed E-state index contributed by atoms with van der Waals surface area (Å²) in [6, 6.07) is 19.4. The first-order chi connectivity index (χ1) is 15.9. The largest absolute Gasteiger partial charge is 0.748 e. The van der Waals surface area contributed by atoms with Crippen molar-refractivity contribution in [2.24, 2.45) is 0 Å². The molecule has 33 heavy (non-hydrogen) atoms. The fourth-order valence-electron chi connectivity index (χ4n) is 3.71. The Kier molecular flexibility index (Phi) is 8.20. The van der Waals surface area contributed by atoms with Gasteiger partial charge < -0.3 is 9.45 Å². The van der Waals surface area contributed by atoms with E-state index in [1.54, 1.807) is 0 Å². The fraction of sp³-hybridized carbons (Fsp3) is 0.222. The normalized spacial score (nSPS) is 14.4. The lowest BCUT2D eigenvalue weighted by atomic mass is 9.99. The lowest BCUT2D eigenvalue weighted by Gasteiger charge is -2.26. The molecule has 0 amide bonds. The summed E-state index contributed by atoms with van der Waals surface area (Å²) in [6.07, 6.45) is 13.1. The van der Waals surface area contributed by atoms with Crippen molar-refractivity contribution in [3.05, 3.63) is 96.3 Å². The van der Waals surface area contributed by atoms with Crippen LogP contribution in [0.15, 0.2) is 85.2 Å². The lowest BCUT2D eigenvalue weighted by Crippen LogP contribution is -2.32. The zero-order valence-corrected chi connectivity index (χ0v) is 20.1. The highest BCUT2D eigenvalue weighted by Crippen LogP contribution is 2.32. The van der Waals surface area contributed by atoms with Gasteiger partial charge in [0.05, 0.1) is 15.5 Å². The molecule has 0 saturated heterocycles. The van der Waals surface area contributed by atoms with E-state index < -0.39 is 10.1 Å². The second kappa shape index (κ2) is 11.1. The Labute approximate surface area is 196 Å². The van der Waals surface area contributed by atoms with E-state index in [0.29, 0.717) is 0 Å². The van der Waals surface area contributed by atoms with Gasteiger partial charge in [-0.05, 0) is 43.2 Å². The molecule has 2 heterocycles. The monoisotopic (exact) mass is 462 g/mol. The maximum Gasteiger partial charge on any atom is 0.213 e. The van der Waals surface area contributed by atoms with Gasteiger partial charge in [-0.15, -0.1) is 0 Å². The maximum absolute atomic E-state index is 9.44. The number of hydrogen-bond donors (Lipinski definition) is 0. The Bertz CT molecular complexity index is 1310. The van der Waals surface area contributed by atoms with Gasteiger partial charge in [0.1, 0.15) is 6.54 Å². The number of hydrogen-bond acceptors (Lipinski definition) is 4. The Morgan fingerprint density at radius 1 is 1.00 bits per heavy atom. The number of allylic oxidation sites excluding steroid dienone is 4. The molecule has 172 valence electrons. The van der Waals surface area contributed by atoms with Gasteiger partial charge in [0.15, 0.2) is 6.20 Å². The van der Waals surface area contributed by atoms with E-state index in [-0.39, 0.29) is 5.75 Å². The summed E-state index contributed by atoms with van der Waals surface area (Å²) in [5.74, 6) is -0.312. The average Bonchev–Trinajstić information content (AvgIpc) is 2.84. The highest BCUT2D eigenvalue weighted by molar-refractivity contribution is 7.85. The molecule has 0 fully saturated rings. The van der Waals surface area contributed by atoms with E-state index in [1.807, 2.05) is 0 Å². The van der Waals surface area contributed by atoms with Crippen LogP contribution in [0.4, 0.5) is 5.69 Å². The van der Waals surface area contributed by atoms with Gasteiger partial charge in [-0.25, -0.2) is 8.42 Å². The Balaban J connectivity index is 0.000000454. The van der Waals surface area contributed by atoms with Gasteiger partial charge in [-0.3, -0.25) is 0 Å². The van der Waals surface area contributed by atoms with Crippen LogP contribution in [-0.4, -0.2) is 25.3 Å². The smallest absolute Gasteiger partial charge is 0.213 e. The molecule has 0 unspecified atom stereocenters. The molecular weight excluding hydrogens is 432 g/mol. The van der Waals surface area contributed by atoms with Crippen molar-refractivity contribution in [2.75, 3.05) is 17.2 Å². The molecule has 5 nitrogen and oxygen atoms in total. The third-order valence-electron chi connectivity index (χ3n) is 5.50. The number of para-hydroxylation sites is 2. The summed E-state index contributed by atoms with van der Waals surface area (Å²) in [4.78, 5) is 2.28. The Hall–Kier alpha value is -3.22. The number of rotatable bonds is 5. The molecule has 0 aliphatic carbocycles. The van der Waals surface area contributed by atoms with Crippen molar-refractivity contribution in [1.82, 2.24) is 0 Å². The van der Waals surface area contributed by atoms with Crippen LogP contribution < -0.4 is 9.47 Å². The molecule has 0 saturated carbocycles. The number of aryl methyl sites for hydroxylation is 1. The van der Waals surface area contributed by atoms with Crippen molar-refractivity contribution in [2.45, 2.75) is 27.3 Å². The molecule has 0 spiro atoms. The van der Waals surface area contributed by atoms with Gasteiger partial charge >= 0.3 is 0 Å². The van der Waals surface area contributed by atoms with E-state index in [0.717, 1.165) is 13.1 Å². The number of nitrogens with zero attached hydrogens (tertiary/aromatic N) is 2. The number of pyridine rings is 1. The van der Waals surface area contributed by atoms with Crippen molar-refractivity contribution in [1.29, 1.82) is 0 Å². The summed E-state index contributed by atoms with van der Waals surface area (Å²) in [5.41, 5.74) is 6.33. The molecule has 0 N–H and O–H groups in total. The van der Waals surface area contributed by atoms with E-state index in [2.05, 4.69) is 115 Å². The number of aromatic nitrogens is 1. The summed E-state index contributed by atoms with van der Waals surface area (Å²) in [6.45, 7) is 7.62. The highest BCUT2D eigenvalue weighted by atomic mass is 32.2. The van der Waals surface area contributed by atoms with Crippen molar-refractivity contribution < 1.29 is 17.5 Å². The highest BCUT2D eigenvalue weighted by Gasteiger charge is 2.13. The predicted molar refractivity (Wildman–Crippen MR) is 136 cm³/mol. The molecule has 1 aliphatic heterocycles. The van der Waals surface area contributed by atoms with E-state index >= 15 is 0 Å². The molecule has 6 heteroatoms. The summed E-state index contributed by atoms with van der Waals surface area (Å²) in [7, 11) is -3.91. The minimum atomic E-state index is -3.91. The van der Waals surface area contributed by atoms with Crippen LogP contribution in [-0.2, 0) is 16.7 Å². The second-order valence-corrected chi connectivity index (χ2v) is 9.21. The minimum Gasteiger partial charge on any atom is -0.748 e. The third kappa shape index (κ3) is 6.18. The van der Waals surface area contributed by atoms with Gasteiger partial charge in [0, 0.05) is 41.9 Å². The van der Waals surface area contributed by atoms with Crippen molar-refractivity contribution in [3.8, 4) is 0 Å². The summed E-state index contributed by atoms with van der Waals surface area (Å²) >= 11 is 0. The summed E-state index contributed by atoms with van der Waals surface area (Å²) < 4.78 is 30.6. The minimum absolute atomic E-state index is 0.312. The first-order valence-corrected chi connectivity index (χ1v) is 12.7. The zero-order valence-electron chi connectivity index (χ0n) is 19.3. The maximum atomic E-state index is 9.44. The lowest BCUT2D eigenvalue weighted by molar-refractivity contribution is -0.667. The van der Waals surface area contributed by atoms with Crippen LogP contribution >= 0.6 is 0 Å². The molecule has 1 aliphatic rings. The van der Waals surface area contributed by atoms with Gasteiger partial charge in [-0.2, -0.15) is 4.57 Å². The predicted octanol–water partition coefficient (Wildman–Crippen LogP) is 5.15. The van der Waals surface area contributed by atoms with Gasteiger partial charge in [0.2, 0.25) is 5.52 Å². The standard InChI is InChI=1S/C25H25N2.C2H6O3S/c1-3-26-18-16-20(22-12-5-7-14-24(22)26)10-9-11-21-17-19-27(4-2)25-15-8-6-13-23(21)25;1-2-6(3,4)5/h5-19H,3-4H2,1-2H3;2H2,1H3,(H,3,4,5)/q+1;/p-1. The van der Waals surface area contributed by atoms with E-state index in [1.165, 1.54) is 40.2 Å². The molecule has 0 atom stereocenters. The second-order valence-electron chi connectivity index (χ2n) is 7.52. The van der Waals surface area contributed by atoms with Crippen LogP contribution in [0.25, 0.3) is 22.6 Å². The topological polar surface area (TPSA) is 64.3 Å².